The molecule has 0 radical (unpaired) electrons. The van der Waals surface area contributed by atoms with E-state index >= 15 is 0 Å². The van der Waals surface area contributed by atoms with E-state index in [1.165, 1.54) is 28.6 Å². The predicted molar refractivity (Wildman–Crippen MR) is 94.3 cm³/mol. The number of sulfonamides is 1. The van der Waals surface area contributed by atoms with Gasteiger partial charge in [-0.05, 0) is 44.2 Å². The minimum atomic E-state index is -3.70. The predicted octanol–water partition coefficient (Wildman–Crippen LogP) is 2.13. The zero-order valence-corrected chi connectivity index (χ0v) is 15.4. The van der Waals surface area contributed by atoms with Gasteiger partial charge in [0.2, 0.25) is 10.0 Å². The monoisotopic (exact) mass is 376 g/mol. The molecule has 1 saturated heterocycles. The number of hydrogen-bond donors (Lipinski definition) is 0. The summed E-state index contributed by atoms with van der Waals surface area (Å²) in [4.78, 5) is 11.5. The molecule has 0 N–H and O–H groups in total. The summed E-state index contributed by atoms with van der Waals surface area (Å²) in [5.74, 6) is 0.112. The van der Waals surface area contributed by atoms with Crippen LogP contribution in [0, 0.1) is 5.82 Å². The minimum Gasteiger partial charge on any atom is -0.302 e. The van der Waals surface area contributed by atoms with Crippen LogP contribution in [0.2, 0.25) is 0 Å². The van der Waals surface area contributed by atoms with Crippen molar-refractivity contribution in [3.8, 4) is 0 Å². The lowest BCUT2D eigenvalue weighted by Gasteiger charge is -2.26. The van der Waals surface area contributed by atoms with Gasteiger partial charge in [-0.25, -0.2) is 22.8 Å². The first kappa shape index (κ1) is 17.5. The summed E-state index contributed by atoms with van der Waals surface area (Å²) in [5, 5.41) is 0. The van der Waals surface area contributed by atoms with E-state index in [0.29, 0.717) is 18.8 Å². The van der Waals surface area contributed by atoms with Gasteiger partial charge < -0.3 is 4.90 Å². The molecule has 0 saturated carbocycles. The van der Waals surface area contributed by atoms with E-state index in [2.05, 4.69) is 16.9 Å². The Kier molecular flexibility index (Phi) is 4.50. The number of benzene rings is 1. The largest absolute Gasteiger partial charge is 0.302 e. The van der Waals surface area contributed by atoms with Crippen LogP contribution in [0.3, 0.4) is 0 Å². The number of nitrogens with zero attached hydrogens (tertiary/aromatic N) is 4. The summed E-state index contributed by atoms with van der Waals surface area (Å²) in [5.41, 5.74) is 2.12. The fourth-order valence-electron chi connectivity index (χ4n) is 3.66. The van der Waals surface area contributed by atoms with Gasteiger partial charge in [0.25, 0.3) is 0 Å². The second-order valence-corrected chi connectivity index (χ2v) is 8.81. The molecule has 2 aromatic rings. The van der Waals surface area contributed by atoms with Gasteiger partial charge >= 0.3 is 0 Å². The summed E-state index contributed by atoms with van der Waals surface area (Å²) in [6.07, 6.45) is 4.13. The molecule has 1 aromatic heterocycles. The van der Waals surface area contributed by atoms with Crippen LogP contribution in [0.1, 0.15) is 36.0 Å². The Hall–Kier alpha value is -1.90. The molecule has 138 valence electrons. The summed E-state index contributed by atoms with van der Waals surface area (Å²) in [6.45, 7) is 2.18. The summed E-state index contributed by atoms with van der Waals surface area (Å²) < 4.78 is 40.6. The van der Waals surface area contributed by atoms with Crippen molar-refractivity contribution in [3.63, 3.8) is 0 Å². The molecule has 0 aliphatic carbocycles. The number of halogens is 1. The molecule has 1 fully saturated rings. The normalized spacial score (nSPS) is 21.7. The van der Waals surface area contributed by atoms with Crippen LogP contribution in [0.4, 0.5) is 4.39 Å². The highest BCUT2D eigenvalue weighted by atomic mass is 32.2. The van der Waals surface area contributed by atoms with Crippen molar-refractivity contribution in [1.82, 2.24) is 19.2 Å². The Bertz CT molecular complexity index is 917. The van der Waals surface area contributed by atoms with E-state index in [-0.39, 0.29) is 10.9 Å². The van der Waals surface area contributed by atoms with Crippen molar-refractivity contribution >= 4 is 10.0 Å². The highest BCUT2D eigenvalue weighted by molar-refractivity contribution is 7.89. The zero-order chi connectivity index (χ0) is 18.3. The lowest BCUT2D eigenvalue weighted by molar-refractivity contribution is 0.306. The van der Waals surface area contributed by atoms with Gasteiger partial charge in [0.1, 0.15) is 11.6 Å². The molecule has 1 unspecified atom stereocenters. The Balaban J connectivity index is 1.66. The third kappa shape index (κ3) is 3.13. The SMILES string of the molecule is CN1CCc2nc(C3CCCN3S(=O)(=O)c3ccc(F)cc3)ncc2C1. The maximum Gasteiger partial charge on any atom is 0.243 e. The second kappa shape index (κ2) is 6.68. The van der Waals surface area contributed by atoms with Crippen LogP contribution in [0.15, 0.2) is 35.4 Å². The van der Waals surface area contributed by atoms with Gasteiger partial charge in [0.05, 0.1) is 10.9 Å². The molecule has 0 spiro atoms. The third-order valence-electron chi connectivity index (χ3n) is 5.07. The summed E-state index contributed by atoms with van der Waals surface area (Å²) in [7, 11) is -1.64. The molecule has 6 nitrogen and oxygen atoms in total. The van der Waals surface area contributed by atoms with Crippen LogP contribution in [0.5, 0.6) is 0 Å². The molecule has 0 bridgehead atoms. The molecule has 4 rings (SSSR count). The van der Waals surface area contributed by atoms with Gasteiger partial charge in [0, 0.05) is 43.5 Å². The maximum absolute atomic E-state index is 13.1. The molecule has 2 aliphatic rings. The first-order valence-corrected chi connectivity index (χ1v) is 10.2. The van der Waals surface area contributed by atoms with Crippen molar-refractivity contribution in [2.75, 3.05) is 20.1 Å². The van der Waals surface area contributed by atoms with Gasteiger partial charge in [-0.2, -0.15) is 4.31 Å². The standard InChI is InChI=1S/C18H21FN4O2S/c1-22-10-8-16-13(12-22)11-20-18(21-16)17-3-2-9-23(17)26(24,25)15-6-4-14(19)5-7-15/h4-7,11,17H,2-3,8-10,12H2,1H3. The van der Waals surface area contributed by atoms with Crippen molar-refractivity contribution in [1.29, 1.82) is 0 Å². The maximum atomic E-state index is 13.1. The minimum absolute atomic E-state index is 0.102. The number of fused-ring (bicyclic) bond motifs is 1. The van der Waals surface area contributed by atoms with Crippen molar-refractivity contribution in [2.45, 2.75) is 36.7 Å². The van der Waals surface area contributed by atoms with Crippen molar-refractivity contribution in [2.24, 2.45) is 0 Å². The zero-order valence-electron chi connectivity index (χ0n) is 14.6. The molecule has 1 aromatic carbocycles. The summed E-state index contributed by atoms with van der Waals surface area (Å²) >= 11 is 0. The molecule has 26 heavy (non-hydrogen) atoms. The quantitative estimate of drug-likeness (QED) is 0.821. The Labute approximate surface area is 152 Å². The highest BCUT2D eigenvalue weighted by Gasteiger charge is 2.38. The number of aromatic nitrogens is 2. The van der Waals surface area contributed by atoms with E-state index in [1.807, 2.05) is 6.20 Å². The molecule has 0 amide bonds. The molecular weight excluding hydrogens is 355 g/mol. The van der Waals surface area contributed by atoms with E-state index < -0.39 is 15.8 Å². The van der Waals surface area contributed by atoms with E-state index in [0.717, 1.165) is 37.2 Å². The fourth-order valence-corrected chi connectivity index (χ4v) is 5.32. The van der Waals surface area contributed by atoms with E-state index in [1.54, 1.807) is 0 Å². The van der Waals surface area contributed by atoms with Gasteiger partial charge in [0.15, 0.2) is 0 Å². The number of rotatable bonds is 3. The molecule has 3 heterocycles. The Morgan fingerprint density at radius 1 is 1.19 bits per heavy atom. The number of likely N-dealkylation sites (N-methyl/N-ethyl adjacent to an activating group) is 1. The second-order valence-electron chi connectivity index (χ2n) is 6.92. The van der Waals surface area contributed by atoms with Crippen LogP contribution >= 0.6 is 0 Å². The molecular formula is C18H21FN4O2S. The Morgan fingerprint density at radius 3 is 2.73 bits per heavy atom. The molecule has 2 aliphatic heterocycles. The van der Waals surface area contributed by atoms with Gasteiger partial charge in [-0.1, -0.05) is 0 Å². The van der Waals surface area contributed by atoms with Crippen LogP contribution in [-0.2, 0) is 23.0 Å². The van der Waals surface area contributed by atoms with E-state index in [9.17, 15) is 12.8 Å². The molecule has 8 heteroatoms. The lowest BCUT2D eigenvalue weighted by Crippen LogP contribution is -2.33. The highest BCUT2D eigenvalue weighted by Crippen LogP contribution is 2.35. The van der Waals surface area contributed by atoms with Gasteiger partial charge in [-0.3, -0.25) is 0 Å². The third-order valence-corrected chi connectivity index (χ3v) is 6.99. The van der Waals surface area contributed by atoms with Crippen LogP contribution < -0.4 is 0 Å². The van der Waals surface area contributed by atoms with Crippen molar-refractivity contribution in [3.05, 3.63) is 53.4 Å². The lowest BCUT2D eigenvalue weighted by atomic mass is 10.1. The average molecular weight is 376 g/mol. The number of hydrogen-bond acceptors (Lipinski definition) is 5. The van der Waals surface area contributed by atoms with Crippen LogP contribution in [-0.4, -0.2) is 47.7 Å². The van der Waals surface area contributed by atoms with Crippen molar-refractivity contribution < 1.29 is 12.8 Å². The Morgan fingerprint density at radius 2 is 1.96 bits per heavy atom. The van der Waals surface area contributed by atoms with Gasteiger partial charge in [-0.15, -0.1) is 0 Å². The van der Waals surface area contributed by atoms with Crippen LogP contribution in [0.25, 0.3) is 0 Å². The fraction of sp³-hybridized carbons (Fsp3) is 0.444. The summed E-state index contributed by atoms with van der Waals surface area (Å²) in [6, 6.07) is 4.59. The smallest absolute Gasteiger partial charge is 0.243 e. The topological polar surface area (TPSA) is 66.4 Å². The average Bonchev–Trinajstić information content (AvgIpc) is 3.12. The van der Waals surface area contributed by atoms with E-state index in [4.69, 9.17) is 4.98 Å². The first-order valence-electron chi connectivity index (χ1n) is 8.76. The molecule has 1 atom stereocenters. The first-order chi connectivity index (χ1) is 12.4.